The Hall–Kier alpha value is -7.23. The van der Waals surface area contributed by atoms with E-state index in [2.05, 4.69) is 27.8 Å². The number of carbonyl (C=O) groups excluding carboxylic acids is 5. The summed E-state index contributed by atoms with van der Waals surface area (Å²) in [5, 5.41) is 21.2. The van der Waals surface area contributed by atoms with Crippen LogP contribution in [0.4, 0.5) is 25.8 Å². The fraction of sp³-hybridized carbons (Fsp3) is 0.225. The maximum atomic E-state index is 13.6. The number of hydrogen-bond donors (Lipinski definition) is 5. The zero-order chi connectivity index (χ0) is 40.2. The van der Waals surface area contributed by atoms with Crippen LogP contribution < -0.4 is 31.7 Å². The Kier molecular flexibility index (Phi) is 13.3. The first-order valence-corrected chi connectivity index (χ1v) is 17.5. The van der Waals surface area contributed by atoms with Gasteiger partial charge in [0.05, 0.1) is 4.92 Å². The second-order valence-electron chi connectivity index (χ2n) is 12.8. The van der Waals surface area contributed by atoms with Gasteiger partial charge < -0.3 is 41.2 Å². The van der Waals surface area contributed by atoms with Crippen LogP contribution >= 0.6 is 0 Å². The van der Waals surface area contributed by atoms with Crippen molar-refractivity contribution >= 4 is 41.5 Å². The molecule has 0 fully saturated rings. The van der Waals surface area contributed by atoms with Gasteiger partial charge in [0.1, 0.15) is 31.0 Å². The Morgan fingerprint density at radius 1 is 0.839 bits per heavy atom. The fourth-order valence-electron chi connectivity index (χ4n) is 6.03. The predicted octanol–water partition coefficient (Wildman–Crippen LogP) is 5.67. The summed E-state index contributed by atoms with van der Waals surface area (Å²) in [7, 11) is 0. The van der Waals surface area contributed by atoms with Gasteiger partial charge in [-0.25, -0.2) is 14.4 Å². The van der Waals surface area contributed by atoms with E-state index >= 15 is 0 Å². The maximum absolute atomic E-state index is 13.6. The molecule has 0 spiro atoms. The van der Waals surface area contributed by atoms with Crippen LogP contribution in [-0.2, 0) is 25.7 Å². The number of amides is 5. The molecule has 290 valence electrons. The lowest BCUT2D eigenvalue weighted by molar-refractivity contribution is -0.384. The Bertz CT molecular complexity index is 2060. The van der Waals surface area contributed by atoms with E-state index in [1.165, 1.54) is 24.3 Å². The number of carbonyl (C=O) groups is 5. The largest absolute Gasteiger partial charge is 0.514 e. The smallest absolute Gasteiger partial charge is 0.449 e. The summed E-state index contributed by atoms with van der Waals surface area (Å²) in [4.78, 5) is 73.6. The third kappa shape index (κ3) is 10.7. The minimum atomic E-state index is -1.24. The third-order valence-electron chi connectivity index (χ3n) is 8.79. The molecule has 0 unspecified atom stereocenters. The summed E-state index contributed by atoms with van der Waals surface area (Å²) >= 11 is 0. The van der Waals surface area contributed by atoms with E-state index in [1.54, 1.807) is 31.2 Å². The lowest BCUT2D eigenvalue weighted by Gasteiger charge is -2.24. The van der Waals surface area contributed by atoms with Crippen molar-refractivity contribution in [3.8, 4) is 16.9 Å². The maximum Gasteiger partial charge on any atom is 0.514 e. The number of urea groups is 1. The van der Waals surface area contributed by atoms with Gasteiger partial charge >= 0.3 is 18.3 Å². The molecule has 1 aliphatic rings. The van der Waals surface area contributed by atoms with Crippen LogP contribution in [0.25, 0.3) is 11.1 Å². The number of anilines is 1. The molecule has 0 heterocycles. The first-order valence-electron chi connectivity index (χ1n) is 17.5. The summed E-state index contributed by atoms with van der Waals surface area (Å²) in [6, 6.07) is 23.9. The van der Waals surface area contributed by atoms with Gasteiger partial charge in [0.15, 0.2) is 0 Å². The number of hydrogen-bond acceptors (Lipinski definition) is 10. The SMILES string of the molecule is C=C(C)[C@H](NC(=O)OCC1c2ccccc2-c2ccccc21)C(=O)N[C@@H](CCCNC(N)=O)C(=O)Nc1ccc(COC(=O)Oc2ccc([N+](=O)[O-])cc2)cc1. The number of benzene rings is 4. The molecule has 2 atom stereocenters. The van der Waals surface area contributed by atoms with Crippen LogP contribution in [0.1, 0.15) is 42.4 Å². The van der Waals surface area contributed by atoms with Gasteiger partial charge in [-0.1, -0.05) is 67.2 Å². The number of nitro groups is 1. The molecule has 0 aliphatic heterocycles. The molecule has 56 heavy (non-hydrogen) atoms. The third-order valence-corrected chi connectivity index (χ3v) is 8.79. The van der Waals surface area contributed by atoms with E-state index in [0.29, 0.717) is 16.8 Å². The molecule has 1 aliphatic carbocycles. The van der Waals surface area contributed by atoms with E-state index < -0.39 is 47.1 Å². The van der Waals surface area contributed by atoms with Crippen molar-refractivity contribution in [1.82, 2.24) is 16.0 Å². The predicted molar refractivity (Wildman–Crippen MR) is 205 cm³/mol. The number of nitrogens with one attached hydrogen (secondary N) is 4. The van der Waals surface area contributed by atoms with Crippen molar-refractivity contribution in [2.75, 3.05) is 18.5 Å². The summed E-state index contributed by atoms with van der Waals surface area (Å²) in [6.07, 6.45) is -1.51. The van der Waals surface area contributed by atoms with Crippen molar-refractivity contribution in [3.63, 3.8) is 0 Å². The van der Waals surface area contributed by atoms with Crippen LogP contribution in [0.5, 0.6) is 5.75 Å². The molecular weight excluding hydrogens is 724 g/mol. The number of ether oxygens (including phenoxy) is 3. The standard InChI is InChI=1S/C40H40N6O10/c1-24(2)35(45-39(50)54-23-33-31-10-5-3-8-29(31)30-9-4-6-11-32(30)33)37(48)44-34(12-7-21-42-38(41)49)36(47)43-26-15-13-25(14-16-26)22-55-40(51)56-28-19-17-27(18-20-28)46(52)53/h3-6,8-11,13-20,33-35H,1,7,12,21-23H2,2H3,(H,43,47)(H,44,48)(H,45,50)(H3,41,42,49)/t34-,35-/m0/s1. The van der Waals surface area contributed by atoms with Crippen LogP contribution in [0.2, 0.25) is 0 Å². The first kappa shape index (κ1) is 40.0. The number of non-ortho nitro benzene ring substituents is 1. The lowest BCUT2D eigenvalue weighted by Crippen LogP contribution is -2.53. The zero-order valence-electron chi connectivity index (χ0n) is 30.3. The molecule has 0 saturated carbocycles. The van der Waals surface area contributed by atoms with Gasteiger partial charge in [-0.3, -0.25) is 19.7 Å². The highest BCUT2D eigenvalue weighted by molar-refractivity contribution is 5.99. The molecule has 0 aromatic heterocycles. The van der Waals surface area contributed by atoms with Gasteiger partial charge in [-0.15, -0.1) is 0 Å². The number of rotatable bonds is 16. The van der Waals surface area contributed by atoms with Crippen molar-refractivity contribution in [1.29, 1.82) is 0 Å². The van der Waals surface area contributed by atoms with Crippen molar-refractivity contribution < 1.29 is 43.1 Å². The molecule has 16 heteroatoms. The summed E-state index contributed by atoms with van der Waals surface area (Å²) in [5.74, 6) is -1.43. The Balaban J connectivity index is 1.16. The monoisotopic (exact) mass is 764 g/mol. The van der Waals surface area contributed by atoms with Crippen molar-refractivity contribution in [2.24, 2.45) is 5.73 Å². The number of alkyl carbamates (subject to hydrolysis) is 1. The number of nitrogens with zero attached hydrogens (tertiary/aromatic N) is 1. The molecule has 0 radical (unpaired) electrons. The highest BCUT2D eigenvalue weighted by Gasteiger charge is 2.31. The average Bonchev–Trinajstić information content (AvgIpc) is 3.50. The van der Waals surface area contributed by atoms with Crippen molar-refractivity contribution in [2.45, 2.75) is 44.4 Å². The Morgan fingerprint density at radius 3 is 2.05 bits per heavy atom. The van der Waals surface area contributed by atoms with Crippen molar-refractivity contribution in [3.05, 3.63) is 136 Å². The van der Waals surface area contributed by atoms with E-state index in [9.17, 15) is 34.1 Å². The van der Waals surface area contributed by atoms with Crippen LogP contribution in [0, 0.1) is 10.1 Å². The molecule has 5 amide bonds. The highest BCUT2D eigenvalue weighted by Crippen LogP contribution is 2.44. The summed E-state index contributed by atoms with van der Waals surface area (Å²) in [6.45, 7) is 5.40. The van der Waals surface area contributed by atoms with E-state index in [1.807, 2.05) is 48.5 Å². The number of fused-ring (bicyclic) bond motifs is 3. The molecule has 5 rings (SSSR count). The molecule has 0 bridgehead atoms. The number of nitro benzene ring substituents is 1. The van der Waals surface area contributed by atoms with Gasteiger partial charge in [-0.05, 0) is 77.4 Å². The molecular formula is C40H40N6O10. The summed E-state index contributed by atoms with van der Waals surface area (Å²) < 4.78 is 15.8. The zero-order valence-corrected chi connectivity index (χ0v) is 30.3. The first-order chi connectivity index (χ1) is 26.9. The second-order valence-corrected chi connectivity index (χ2v) is 12.8. The second kappa shape index (κ2) is 18.7. The van der Waals surface area contributed by atoms with Gasteiger partial charge in [0.2, 0.25) is 11.8 Å². The van der Waals surface area contributed by atoms with Crippen LogP contribution in [0.15, 0.2) is 109 Å². The van der Waals surface area contributed by atoms with E-state index in [-0.39, 0.29) is 50.0 Å². The van der Waals surface area contributed by atoms with E-state index in [0.717, 1.165) is 22.3 Å². The Morgan fingerprint density at radius 2 is 1.46 bits per heavy atom. The fourth-order valence-corrected chi connectivity index (χ4v) is 6.03. The topological polar surface area (TPSA) is 230 Å². The van der Waals surface area contributed by atoms with Gasteiger partial charge in [-0.2, -0.15) is 0 Å². The minimum Gasteiger partial charge on any atom is -0.449 e. The molecule has 16 nitrogen and oxygen atoms in total. The van der Waals surface area contributed by atoms with Gasteiger partial charge in [0, 0.05) is 30.3 Å². The molecule has 0 saturated heterocycles. The average molecular weight is 765 g/mol. The highest BCUT2D eigenvalue weighted by atomic mass is 16.7. The lowest BCUT2D eigenvalue weighted by atomic mass is 9.98. The van der Waals surface area contributed by atoms with Crippen LogP contribution in [-0.4, -0.2) is 60.3 Å². The number of primary amides is 1. The normalized spacial score (nSPS) is 12.4. The minimum absolute atomic E-state index is 0.0272. The molecule has 6 N–H and O–H groups in total. The quantitative estimate of drug-likeness (QED) is 0.0235. The summed E-state index contributed by atoms with van der Waals surface area (Å²) in [5.41, 5.74) is 10.4. The van der Waals surface area contributed by atoms with E-state index in [4.69, 9.17) is 19.9 Å². The molecule has 4 aromatic carbocycles. The van der Waals surface area contributed by atoms with Crippen LogP contribution in [0.3, 0.4) is 0 Å². The Labute approximate surface area is 321 Å². The number of nitrogens with two attached hydrogens (primary N) is 1. The molecule has 4 aromatic rings. The van der Waals surface area contributed by atoms with Gasteiger partial charge in [0.25, 0.3) is 5.69 Å².